The molecule has 1 aliphatic heterocycles. The van der Waals surface area contributed by atoms with Crippen molar-refractivity contribution in [3.05, 3.63) is 29.8 Å². The van der Waals surface area contributed by atoms with Crippen LogP contribution in [0.15, 0.2) is 24.3 Å². The van der Waals surface area contributed by atoms with E-state index in [2.05, 4.69) is 0 Å². The quantitative estimate of drug-likeness (QED) is 0.905. The molecule has 0 aliphatic carbocycles. The van der Waals surface area contributed by atoms with E-state index in [-0.39, 0.29) is 5.91 Å². The van der Waals surface area contributed by atoms with Crippen LogP contribution in [0.2, 0.25) is 0 Å². The van der Waals surface area contributed by atoms with Gasteiger partial charge in [0.05, 0.1) is 6.61 Å². The number of carbonyl (C=O) groups excluding carboxylic acids is 1. The zero-order chi connectivity index (χ0) is 15.2. The number of piperidine rings is 1. The molecule has 1 aromatic rings. The number of aliphatic carboxylic acids is 1. The summed E-state index contributed by atoms with van der Waals surface area (Å²) in [5.74, 6) is -0.420. The van der Waals surface area contributed by atoms with Crippen LogP contribution in [0.1, 0.15) is 43.0 Å². The Hall–Kier alpha value is -2.04. The van der Waals surface area contributed by atoms with Gasteiger partial charge in [-0.25, -0.2) is 4.79 Å². The summed E-state index contributed by atoms with van der Waals surface area (Å²) in [6.45, 7) is 3.17. The molecule has 21 heavy (non-hydrogen) atoms. The molecule has 1 amide bonds. The van der Waals surface area contributed by atoms with Crippen LogP contribution < -0.4 is 4.74 Å². The molecule has 1 N–H and O–H groups in total. The Morgan fingerprint density at radius 3 is 2.62 bits per heavy atom. The summed E-state index contributed by atoms with van der Waals surface area (Å²) in [7, 11) is 0. The lowest BCUT2D eigenvalue weighted by molar-refractivity contribution is -0.143. The van der Waals surface area contributed by atoms with Crippen LogP contribution in [0.5, 0.6) is 5.75 Å². The molecule has 0 unspecified atom stereocenters. The lowest BCUT2D eigenvalue weighted by Gasteiger charge is -2.33. The third-order valence-corrected chi connectivity index (χ3v) is 3.62. The van der Waals surface area contributed by atoms with Crippen molar-refractivity contribution in [2.45, 2.75) is 38.6 Å². The maximum Gasteiger partial charge on any atom is 0.326 e. The van der Waals surface area contributed by atoms with E-state index < -0.39 is 12.0 Å². The van der Waals surface area contributed by atoms with E-state index in [4.69, 9.17) is 4.74 Å². The van der Waals surface area contributed by atoms with E-state index in [0.717, 1.165) is 25.0 Å². The minimum absolute atomic E-state index is 0.218. The Balaban J connectivity index is 2.09. The van der Waals surface area contributed by atoms with Gasteiger partial charge in [0.25, 0.3) is 5.91 Å². The fourth-order valence-electron chi connectivity index (χ4n) is 2.51. The number of carboxylic acids is 1. The van der Waals surface area contributed by atoms with Gasteiger partial charge in [0, 0.05) is 12.1 Å². The van der Waals surface area contributed by atoms with Crippen molar-refractivity contribution >= 4 is 11.9 Å². The van der Waals surface area contributed by atoms with E-state index in [1.807, 2.05) is 6.92 Å². The predicted octanol–water partition coefficient (Wildman–Crippen LogP) is 2.55. The second kappa shape index (κ2) is 7.11. The highest BCUT2D eigenvalue weighted by atomic mass is 16.5. The van der Waals surface area contributed by atoms with Crippen LogP contribution in [-0.2, 0) is 4.79 Å². The smallest absolute Gasteiger partial charge is 0.326 e. The third-order valence-electron chi connectivity index (χ3n) is 3.62. The Kier molecular flexibility index (Phi) is 5.20. The van der Waals surface area contributed by atoms with Gasteiger partial charge in [-0.2, -0.15) is 0 Å². The molecule has 1 fully saturated rings. The van der Waals surface area contributed by atoms with Crippen LogP contribution >= 0.6 is 0 Å². The molecular formula is C16H21NO4. The molecule has 0 saturated carbocycles. The van der Waals surface area contributed by atoms with Crippen LogP contribution in [0.3, 0.4) is 0 Å². The van der Waals surface area contributed by atoms with Crippen molar-refractivity contribution in [3.63, 3.8) is 0 Å². The maximum atomic E-state index is 12.5. The predicted molar refractivity (Wildman–Crippen MR) is 78.5 cm³/mol. The van der Waals surface area contributed by atoms with Crippen molar-refractivity contribution in [2.24, 2.45) is 0 Å². The Morgan fingerprint density at radius 2 is 2.00 bits per heavy atom. The number of ether oxygens (including phenoxy) is 1. The summed E-state index contributed by atoms with van der Waals surface area (Å²) in [4.78, 5) is 25.2. The average Bonchev–Trinajstić information content (AvgIpc) is 2.52. The largest absolute Gasteiger partial charge is 0.494 e. The second-order valence-corrected chi connectivity index (χ2v) is 5.22. The van der Waals surface area contributed by atoms with Crippen molar-refractivity contribution < 1.29 is 19.4 Å². The lowest BCUT2D eigenvalue weighted by Crippen LogP contribution is -2.47. The molecule has 5 nitrogen and oxygen atoms in total. The van der Waals surface area contributed by atoms with E-state index in [1.54, 1.807) is 24.3 Å². The first-order valence-electron chi connectivity index (χ1n) is 7.40. The van der Waals surface area contributed by atoms with Gasteiger partial charge in [-0.15, -0.1) is 0 Å². The molecule has 1 aliphatic rings. The third kappa shape index (κ3) is 3.74. The summed E-state index contributed by atoms with van der Waals surface area (Å²) in [6, 6.07) is 6.19. The molecule has 0 spiro atoms. The molecule has 2 rings (SSSR count). The first-order chi connectivity index (χ1) is 10.1. The Bertz CT molecular complexity index is 498. The van der Waals surface area contributed by atoms with E-state index in [1.165, 1.54) is 4.90 Å². The molecule has 0 radical (unpaired) electrons. The van der Waals surface area contributed by atoms with Crippen LogP contribution in [0.25, 0.3) is 0 Å². The Morgan fingerprint density at radius 1 is 1.29 bits per heavy atom. The first-order valence-corrected chi connectivity index (χ1v) is 7.40. The second-order valence-electron chi connectivity index (χ2n) is 5.22. The highest BCUT2D eigenvalue weighted by molar-refractivity contribution is 5.96. The zero-order valence-corrected chi connectivity index (χ0v) is 12.2. The van der Waals surface area contributed by atoms with E-state index in [9.17, 15) is 14.7 Å². The van der Waals surface area contributed by atoms with E-state index in [0.29, 0.717) is 25.1 Å². The number of carboxylic acid groups (broad SMARTS) is 1. The van der Waals surface area contributed by atoms with Gasteiger partial charge in [-0.05, 0) is 49.9 Å². The van der Waals surface area contributed by atoms with Crippen molar-refractivity contribution in [3.8, 4) is 5.75 Å². The van der Waals surface area contributed by atoms with Crippen molar-refractivity contribution in [2.75, 3.05) is 13.2 Å². The van der Waals surface area contributed by atoms with Gasteiger partial charge in [0.15, 0.2) is 0 Å². The SMILES string of the molecule is CCCOc1ccc(C(=O)N2CCCC[C@H]2C(=O)O)cc1. The number of likely N-dealkylation sites (tertiary alicyclic amines) is 1. The van der Waals surface area contributed by atoms with Crippen LogP contribution in [0.4, 0.5) is 0 Å². The Labute approximate surface area is 124 Å². The van der Waals surface area contributed by atoms with Gasteiger partial charge in [-0.1, -0.05) is 6.92 Å². The number of amides is 1. The normalized spacial score (nSPS) is 18.3. The molecule has 114 valence electrons. The molecule has 5 heteroatoms. The summed E-state index contributed by atoms with van der Waals surface area (Å²) < 4.78 is 5.48. The van der Waals surface area contributed by atoms with Gasteiger partial charge in [-0.3, -0.25) is 4.79 Å². The number of benzene rings is 1. The van der Waals surface area contributed by atoms with Gasteiger partial charge >= 0.3 is 5.97 Å². The number of rotatable bonds is 5. The van der Waals surface area contributed by atoms with E-state index >= 15 is 0 Å². The lowest BCUT2D eigenvalue weighted by atomic mass is 10.0. The number of hydrogen-bond donors (Lipinski definition) is 1. The molecule has 1 aromatic carbocycles. The molecule has 1 saturated heterocycles. The van der Waals surface area contributed by atoms with Crippen molar-refractivity contribution in [1.82, 2.24) is 4.90 Å². The fourth-order valence-corrected chi connectivity index (χ4v) is 2.51. The summed E-state index contributed by atoms with van der Waals surface area (Å²) >= 11 is 0. The summed E-state index contributed by atoms with van der Waals surface area (Å²) in [5, 5.41) is 9.23. The zero-order valence-electron chi connectivity index (χ0n) is 12.2. The average molecular weight is 291 g/mol. The first kappa shape index (κ1) is 15.4. The van der Waals surface area contributed by atoms with Gasteiger partial charge in [0.2, 0.25) is 0 Å². The number of hydrogen-bond acceptors (Lipinski definition) is 3. The van der Waals surface area contributed by atoms with Crippen molar-refractivity contribution in [1.29, 1.82) is 0 Å². The van der Waals surface area contributed by atoms with Crippen LogP contribution in [0, 0.1) is 0 Å². The number of nitrogens with zero attached hydrogens (tertiary/aromatic N) is 1. The number of carbonyl (C=O) groups is 2. The molecule has 1 heterocycles. The highest BCUT2D eigenvalue weighted by Gasteiger charge is 2.32. The topological polar surface area (TPSA) is 66.8 Å². The molecule has 0 bridgehead atoms. The molecule has 0 aromatic heterocycles. The minimum Gasteiger partial charge on any atom is -0.494 e. The molecular weight excluding hydrogens is 270 g/mol. The summed E-state index contributed by atoms with van der Waals surface area (Å²) in [6.07, 6.45) is 3.16. The van der Waals surface area contributed by atoms with Crippen LogP contribution in [-0.4, -0.2) is 41.1 Å². The minimum atomic E-state index is -0.925. The molecule has 1 atom stereocenters. The van der Waals surface area contributed by atoms with Gasteiger partial charge < -0.3 is 14.7 Å². The standard InChI is InChI=1S/C16H21NO4/c1-2-11-21-13-8-6-12(7-9-13)15(18)17-10-4-3-5-14(17)16(19)20/h6-9,14H,2-5,10-11H2,1H3,(H,19,20)/t14-/m0/s1. The monoisotopic (exact) mass is 291 g/mol. The summed E-state index contributed by atoms with van der Waals surface area (Å²) in [5.41, 5.74) is 0.506. The fraction of sp³-hybridized carbons (Fsp3) is 0.500. The van der Waals surface area contributed by atoms with Gasteiger partial charge in [0.1, 0.15) is 11.8 Å². The maximum absolute atomic E-state index is 12.5. The highest BCUT2D eigenvalue weighted by Crippen LogP contribution is 2.21.